The Morgan fingerprint density at radius 2 is 2.00 bits per heavy atom. The smallest absolute Gasteiger partial charge is 0.142 e. The van der Waals surface area contributed by atoms with Crippen LogP contribution in [0.15, 0.2) is 24.5 Å². The number of piperidine rings is 1. The summed E-state index contributed by atoms with van der Waals surface area (Å²) >= 11 is 0. The topological polar surface area (TPSA) is 33.2 Å². The maximum atomic E-state index is 11.7. The maximum Gasteiger partial charge on any atom is 0.142 e. The minimum absolute atomic E-state index is 0.221. The van der Waals surface area contributed by atoms with Crippen molar-refractivity contribution in [3.8, 4) is 0 Å². The van der Waals surface area contributed by atoms with Crippen molar-refractivity contribution in [1.29, 1.82) is 0 Å². The van der Waals surface area contributed by atoms with E-state index >= 15 is 0 Å². The number of hydrogen-bond donors (Lipinski definition) is 0. The summed E-state index contributed by atoms with van der Waals surface area (Å²) in [6.07, 6.45) is 4.23. The number of rotatable bonds is 1. The van der Waals surface area contributed by atoms with Crippen LogP contribution in [0.3, 0.4) is 0 Å². The molecule has 0 amide bonds. The van der Waals surface area contributed by atoms with Crippen LogP contribution in [0.2, 0.25) is 0 Å². The SMILES string of the molecule is CC1(C)CN(c2ccncc2)CCC1=O. The highest BCUT2D eigenvalue weighted by Crippen LogP contribution is 2.28. The summed E-state index contributed by atoms with van der Waals surface area (Å²) in [5, 5.41) is 0. The molecule has 0 saturated carbocycles. The van der Waals surface area contributed by atoms with Crippen molar-refractivity contribution in [3.63, 3.8) is 0 Å². The van der Waals surface area contributed by atoms with Gasteiger partial charge in [0.2, 0.25) is 0 Å². The van der Waals surface area contributed by atoms with Crippen LogP contribution >= 0.6 is 0 Å². The van der Waals surface area contributed by atoms with E-state index in [1.54, 1.807) is 12.4 Å². The largest absolute Gasteiger partial charge is 0.370 e. The molecule has 0 radical (unpaired) electrons. The molecule has 0 N–H and O–H groups in total. The van der Waals surface area contributed by atoms with Crippen molar-refractivity contribution < 1.29 is 4.79 Å². The normalized spacial score (nSPS) is 20.4. The molecule has 0 bridgehead atoms. The highest BCUT2D eigenvalue weighted by molar-refractivity contribution is 5.86. The first-order chi connectivity index (χ1) is 7.09. The van der Waals surface area contributed by atoms with Gasteiger partial charge >= 0.3 is 0 Å². The van der Waals surface area contributed by atoms with Gasteiger partial charge in [0.15, 0.2) is 0 Å². The van der Waals surface area contributed by atoms with Crippen molar-refractivity contribution >= 4 is 11.5 Å². The standard InChI is InChI=1S/C12H16N2O/c1-12(2)9-14(8-5-11(12)15)10-3-6-13-7-4-10/h3-4,6-7H,5,8-9H2,1-2H3. The minimum atomic E-state index is -0.221. The predicted molar refractivity (Wildman–Crippen MR) is 59.9 cm³/mol. The number of carbonyl (C=O) groups is 1. The van der Waals surface area contributed by atoms with Crippen LogP contribution in [-0.2, 0) is 4.79 Å². The molecular weight excluding hydrogens is 188 g/mol. The van der Waals surface area contributed by atoms with Gasteiger partial charge < -0.3 is 4.90 Å². The molecule has 80 valence electrons. The zero-order valence-corrected chi connectivity index (χ0v) is 9.23. The molecule has 1 aromatic rings. The maximum absolute atomic E-state index is 11.7. The van der Waals surface area contributed by atoms with Gasteiger partial charge in [-0.05, 0) is 12.1 Å². The first-order valence-electron chi connectivity index (χ1n) is 5.28. The number of carbonyl (C=O) groups excluding carboxylic acids is 1. The molecule has 3 nitrogen and oxygen atoms in total. The molecule has 0 aliphatic carbocycles. The molecule has 0 unspecified atom stereocenters. The Bertz CT molecular complexity index is 359. The van der Waals surface area contributed by atoms with E-state index in [1.165, 1.54) is 0 Å². The molecule has 0 aromatic carbocycles. The first kappa shape index (κ1) is 10.1. The van der Waals surface area contributed by atoms with Crippen molar-refractivity contribution in [3.05, 3.63) is 24.5 Å². The predicted octanol–water partition coefficient (Wildman–Crippen LogP) is 1.89. The Morgan fingerprint density at radius 3 is 2.60 bits per heavy atom. The van der Waals surface area contributed by atoms with Gasteiger partial charge in [0.05, 0.1) is 0 Å². The first-order valence-corrected chi connectivity index (χ1v) is 5.28. The third-order valence-electron chi connectivity index (χ3n) is 2.98. The lowest BCUT2D eigenvalue weighted by atomic mass is 9.82. The number of aromatic nitrogens is 1. The fraction of sp³-hybridized carbons (Fsp3) is 0.500. The summed E-state index contributed by atoms with van der Waals surface area (Å²) in [6.45, 7) is 5.66. The number of Topliss-reactive ketones (excluding diaryl/α,β-unsaturated/α-hetero) is 1. The number of nitrogens with zero attached hydrogens (tertiary/aromatic N) is 2. The summed E-state index contributed by atoms with van der Waals surface area (Å²) in [7, 11) is 0. The zero-order valence-electron chi connectivity index (χ0n) is 9.23. The van der Waals surface area contributed by atoms with Crippen LogP contribution in [0.5, 0.6) is 0 Å². The average molecular weight is 204 g/mol. The molecule has 2 rings (SSSR count). The molecule has 15 heavy (non-hydrogen) atoms. The Morgan fingerprint density at radius 1 is 1.33 bits per heavy atom. The molecule has 1 saturated heterocycles. The van der Waals surface area contributed by atoms with Gasteiger partial charge in [-0.25, -0.2) is 0 Å². The van der Waals surface area contributed by atoms with Crippen molar-refractivity contribution in [1.82, 2.24) is 4.98 Å². The fourth-order valence-electron chi connectivity index (χ4n) is 1.99. The zero-order chi connectivity index (χ0) is 10.9. The average Bonchev–Trinajstić information content (AvgIpc) is 2.23. The summed E-state index contributed by atoms with van der Waals surface area (Å²) < 4.78 is 0. The molecule has 1 aliphatic rings. The van der Waals surface area contributed by atoms with Crippen LogP contribution in [0.25, 0.3) is 0 Å². The van der Waals surface area contributed by atoms with Crippen LogP contribution in [0.1, 0.15) is 20.3 Å². The molecule has 0 spiro atoms. The lowest BCUT2D eigenvalue weighted by Gasteiger charge is -2.38. The van der Waals surface area contributed by atoms with E-state index in [9.17, 15) is 4.79 Å². The van der Waals surface area contributed by atoms with Gasteiger partial charge in [0.1, 0.15) is 5.78 Å². The second-order valence-electron chi connectivity index (χ2n) is 4.68. The third-order valence-corrected chi connectivity index (χ3v) is 2.98. The van der Waals surface area contributed by atoms with Crippen molar-refractivity contribution in [2.75, 3.05) is 18.0 Å². The second-order valence-corrected chi connectivity index (χ2v) is 4.68. The van der Waals surface area contributed by atoms with Gasteiger partial charge in [0.25, 0.3) is 0 Å². The number of hydrogen-bond acceptors (Lipinski definition) is 3. The fourth-order valence-corrected chi connectivity index (χ4v) is 1.99. The Balaban J connectivity index is 2.17. The Kier molecular flexibility index (Phi) is 2.47. The molecule has 3 heteroatoms. The second kappa shape index (κ2) is 3.65. The summed E-state index contributed by atoms with van der Waals surface area (Å²) in [4.78, 5) is 17.9. The number of pyridine rings is 1. The summed E-state index contributed by atoms with van der Waals surface area (Å²) in [6, 6.07) is 3.98. The van der Waals surface area contributed by atoms with Crippen LogP contribution in [-0.4, -0.2) is 23.9 Å². The van der Waals surface area contributed by atoms with Crippen molar-refractivity contribution in [2.45, 2.75) is 20.3 Å². The number of ketones is 1. The van der Waals surface area contributed by atoms with Gasteiger partial charge in [-0.3, -0.25) is 9.78 Å². The third kappa shape index (κ3) is 2.01. The Labute approximate surface area is 90.1 Å². The van der Waals surface area contributed by atoms with E-state index in [1.807, 2.05) is 26.0 Å². The van der Waals surface area contributed by atoms with Gasteiger partial charge in [0, 0.05) is 43.0 Å². The molecule has 1 aliphatic heterocycles. The van der Waals surface area contributed by atoms with E-state index in [0.717, 1.165) is 18.8 Å². The van der Waals surface area contributed by atoms with E-state index in [2.05, 4.69) is 9.88 Å². The lowest BCUT2D eigenvalue weighted by Crippen LogP contribution is -2.46. The molecular formula is C12H16N2O. The van der Waals surface area contributed by atoms with E-state index < -0.39 is 0 Å². The minimum Gasteiger partial charge on any atom is -0.370 e. The summed E-state index contributed by atoms with van der Waals surface area (Å²) in [5.74, 6) is 0.368. The van der Waals surface area contributed by atoms with Crippen LogP contribution in [0.4, 0.5) is 5.69 Å². The number of anilines is 1. The molecule has 1 aromatic heterocycles. The summed E-state index contributed by atoms with van der Waals surface area (Å²) in [5.41, 5.74) is 0.937. The van der Waals surface area contributed by atoms with Crippen molar-refractivity contribution in [2.24, 2.45) is 5.41 Å². The van der Waals surface area contributed by atoms with Gasteiger partial charge in [-0.1, -0.05) is 13.8 Å². The van der Waals surface area contributed by atoms with Gasteiger partial charge in [-0.2, -0.15) is 0 Å². The molecule has 1 fully saturated rings. The van der Waals surface area contributed by atoms with Gasteiger partial charge in [-0.15, -0.1) is 0 Å². The van der Waals surface area contributed by atoms with Crippen LogP contribution in [0, 0.1) is 5.41 Å². The molecule has 2 heterocycles. The highest BCUT2D eigenvalue weighted by atomic mass is 16.1. The van der Waals surface area contributed by atoms with E-state index in [-0.39, 0.29) is 5.41 Å². The highest BCUT2D eigenvalue weighted by Gasteiger charge is 2.34. The monoisotopic (exact) mass is 204 g/mol. The lowest BCUT2D eigenvalue weighted by molar-refractivity contribution is -0.127. The molecule has 0 atom stereocenters. The van der Waals surface area contributed by atoms with Crippen LogP contribution < -0.4 is 4.90 Å². The van der Waals surface area contributed by atoms with E-state index in [0.29, 0.717) is 12.2 Å². The Hall–Kier alpha value is -1.38. The van der Waals surface area contributed by atoms with E-state index in [4.69, 9.17) is 0 Å². The quantitative estimate of drug-likeness (QED) is 0.700.